The van der Waals surface area contributed by atoms with Crippen LogP contribution in [0.25, 0.3) is 0 Å². The highest BCUT2D eigenvalue weighted by Gasteiger charge is 2.25. The monoisotopic (exact) mass is 510 g/mol. The Morgan fingerprint density at radius 3 is 2.52 bits per heavy atom. The minimum atomic E-state index is -0.0420. The molecule has 1 fully saturated rings. The quantitative estimate of drug-likeness (QED) is 0.379. The van der Waals surface area contributed by atoms with Gasteiger partial charge in [0.25, 0.3) is 5.91 Å². The number of hydrogen-bond acceptors (Lipinski definition) is 3. The molecule has 1 atom stereocenters. The molecule has 2 heterocycles. The van der Waals surface area contributed by atoms with Gasteiger partial charge < -0.3 is 19.5 Å². The minimum Gasteiger partial charge on any atom is -0.459 e. The van der Waals surface area contributed by atoms with E-state index in [1.165, 1.54) is 17.4 Å². The topological polar surface area (TPSA) is 61.1 Å². The highest BCUT2D eigenvalue weighted by molar-refractivity contribution is 14.0. The van der Waals surface area contributed by atoms with Crippen molar-refractivity contribution in [3.63, 3.8) is 0 Å². The number of guanidine groups is 1. The molecule has 0 aliphatic carbocycles. The molecule has 29 heavy (non-hydrogen) atoms. The number of amides is 1. The molecular weight excluding hydrogens is 479 g/mol. The molecule has 3 rings (SSSR count). The van der Waals surface area contributed by atoms with Crippen molar-refractivity contribution in [1.29, 1.82) is 0 Å². The summed E-state index contributed by atoms with van der Waals surface area (Å²) >= 11 is 0. The van der Waals surface area contributed by atoms with Gasteiger partial charge in [0.15, 0.2) is 11.7 Å². The van der Waals surface area contributed by atoms with Crippen molar-refractivity contribution in [2.75, 3.05) is 39.3 Å². The van der Waals surface area contributed by atoms with Gasteiger partial charge in [-0.1, -0.05) is 36.8 Å². The van der Waals surface area contributed by atoms with E-state index in [9.17, 15) is 4.79 Å². The number of piperazine rings is 1. The van der Waals surface area contributed by atoms with Crippen molar-refractivity contribution in [3.8, 4) is 0 Å². The molecule has 1 aliphatic heterocycles. The zero-order valence-corrected chi connectivity index (χ0v) is 19.8. The zero-order chi connectivity index (χ0) is 19.9. The predicted octanol–water partition coefficient (Wildman–Crippen LogP) is 3.73. The average molecular weight is 510 g/mol. The van der Waals surface area contributed by atoms with E-state index in [-0.39, 0.29) is 29.9 Å². The fourth-order valence-electron chi connectivity index (χ4n) is 3.41. The summed E-state index contributed by atoms with van der Waals surface area (Å²) < 4.78 is 5.24. The molecule has 1 aliphatic rings. The molecule has 2 aromatic rings. The Balaban J connectivity index is 0.00000300. The lowest BCUT2D eigenvalue weighted by molar-refractivity contribution is 0.0657. The normalized spacial score (nSPS) is 15.6. The van der Waals surface area contributed by atoms with Crippen LogP contribution in [-0.2, 0) is 0 Å². The lowest BCUT2D eigenvalue weighted by Gasteiger charge is -2.36. The average Bonchev–Trinajstić information content (AvgIpc) is 3.25. The summed E-state index contributed by atoms with van der Waals surface area (Å²) in [4.78, 5) is 21.4. The molecule has 1 N–H and O–H groups in total. The second-order valence-electron chi connectivity index (χ2n) is 7.27. The largest absolute Gasteiger partial charge is 0.459 e. The maximum atomic E-state index is 12.4. The fourth-order valence-corrected chi connectivity index (χ4v) is 3.41. The molecule has 1 amide bonds. The maximum absolute atomic E-state index is 12.4. The summed E-state index contributed by atoms with van der Waals surface area (Å²) in [5.74, 6) is 1.64. The molecular formula is C22H31IN4O2. The van der Waals surface area contributed by atoms with Crippen LogP contribution >= 0.6 is 24.0 Å². The van der Waals surface area contributed by atoms with Crippen LogP contribution in [0.5, 0.6) is 0 Å². The number of aryl methyl sites for hydroxylation is 1. The second-order valence-corrected chi connectivity index (χ2v) is 7.27. The van der Waals surface area contributed by atoms with Gasteiger partial charge in [0.05, 0.1) is 6.26 Å². The third-order valence-electron chi connectivity index (χ3n) is 5.06. The van der Waals surface area contributed by atoms with Crippen LogP contribution in [-0.4, -0.2) is 60.9 Å². The van der Waals surface area contributed by atoms with E-state index >= 15 is 0 Å². The van der Waals surface area contributed by atoms with Crippen molar-refractivity contribution in [3.05, 3.63) is 59.5 Å². The molecule has 158 valence electrons. The van der Waals surface area contributed by atoms with Crippen molar-refractivity contribution in [1.82, 2.24) is 15.1 Å². The molecule has 0 radical (unpaired) electrons. The second kappa shape index (κ2) is 11.2. The smallest absolute Gasteiger partial charge is 0.289 e. The van der Waals surface area contributed by atoms with Gasteiger partial charge in [0, 0.05) is 45.2 Å². The first-order chi connectivity index (χ1) is 13.6. The molecule has 0 bridgehead atoms. The number of nitrogens with zero attached hydrogens (tertiary/aromatic N) is 3. The van der Waals surface area contributed by atoms with Crippen LogP contribution in [0.3, 0.4) is 0 Å². The first-order valence-corrected chi connectivity index (χ1v) is 10.0. The number of carbonyl (C=O) groups is 1. The van der Waals surface area contributed by atoms with E-state index in [2.05, 4.69) is 55.3 Å². The Bertz CT molecular complexity index is 799. The third-order valence-corrected chi connectivity index (χ3v) is 5.06. The standard InChI is InChI=1S/C22H30N4O2.HI/c1-4-23-22(24-16-18(3)19-8-5-7-17(2)15-19)26-12-10-25(11-13-26)21(27)20-9-6-14-28-20;/h5-9,14-15,18H,4,10-13,16H2,1-3H3,(H,23,24);1H. The third kappa shape index (κ3) is 6.22. The highest BCUT2D eigenvalue weighted by atomic mass is 127. The van der Waals surface area contributed by atoms with Gasteiger partial charge in [-0.05, 0) is 31.5 Å². The lowest BCUT2D eigenvalue weighted by Crippen LogP contribution is -2.53. The number of carbonyl (C=O) groups excluding carboxylic acids is 1. The van der Waals surface area contributed by atoms with Crippen LogP contribution in [0, 0.1) is 6.92 Å². The molecule has 1 saturated heterocycles. The highest BCUT2D eigenvalue weighted by Crippen LogP contribution is 2.17. The molecule has 0 spiro atoms. The van der Waals surface area contributed by atoms with E-state index in [0.717, 1.165) is 32.1 Å². The summed E-state index contributed by atoms with van der Waals surface area (Å²) in [5.41, 5.74) is 2.59. The van der Waals surface area contributed by atoms with E-state index in [1.54, 1.807) is 12.1 Å². The van der Waals surface area contributed by atoms with Gasteiger partial charge in [0.1, 0.15) is 0 Å². The number of benzene rings is 1. The van der Waals surface area contributed by atoms with Crippen molar-refractivity contribution < 1.29 is 9.21 Å². The minimum absolute atomic E-state index is 0. The number of rotatable bonds is 5. The Kier molecular flexibility index (Phi) is 9.00. The predicted molar refractivity (Wildman–Crippen MR) is 127 cm³/mol. The van der Waals surface area contributed by atoms with Crippen LogP contribution in [0.1, 0.15) is 41.4 Å². The first kappa shape index (κ1) is 23.3. The van der Waals surface area contributed by atoms with Gasteiger partial charge in [-0.2, -0.15) is 0 Å². The van der Waals surface area contributed by atoms with E-state index in [1.807, 2.05) is 4.90 Å². The Morgan fingerprint density at radius 2 is 1.90 bits per heavy atom. The van der Waals surface area contributed by atoms with Crippen LogP contribution < -0.4 is 5.32 Å². The molecule has 6 nitrogen and oxygen atoms in total. The van der Waals surface area contributed by atoms with Crippen molar-refractivity contribution in [2.24, 2.45) is 4.99 Å². The molecule has 1 aromatic carbocycles. The Hall–Kier alpha value is -2.03. The number of furan rings is 1. The first-order valence-electron chi connectivity index (χ1n) is 10.0. The molecule has 0 saturated carbocycles. The van der Waals surface area contributed by atoms with E-state index in [0.29, 0.717) is 24.8 Å². The van der Waals surface area contributed by atoms with Crippen molar-refractivity contribution in [2.45, 2.75) is 26.7 Å². The number of halogens is 1. The maximum Gasteiger partial charge on any atom is 0.289 e. The van der Waals surface area contributed by atoms with Crippen LogP contribution in [0.4, 0.5) is 0 Å². The van der Waals surface area contributed by atoms with Crippen LogP contribution in [0.15, 0.2) is 52.1 Å². The summed E-state index contributed by atoms with van der Waals surface area (Å²) in [7, 11) is 0. The van der Waals surface area contributed by atoms with Gasteiger partial charge in [0.2, 0.25) is 0 Å². The van der Waals surface area contributed by atoms with Crippen LogP contribution in [0.2, 0.25) is 0 Å². The van der Waals surface area contributed by atoms with Crippen molar-refractivity contribution >= 4 is 35.8 Å². The Labute approximate surface area is 190 Å². The van der Waals surface area contributed by atoms with Gasteiger partial charge in [-0.15, -0.1) is 24.0 Å². The zero-order valence-electron chi connectivity index (χ0n) is 17.4. The summed E-state index contributed by atoms with van der Waals surface area (Å²) in [6, 6.07) is 12.1. The number of aliphatic imine (C=N–C) groups is 1. The molecule has 1 unspecified atom stereocenters. The van der Waals surface area contributed by atoms with Gasteiger partial charge in [-0.25, -0.2) is 0 Å². The lowest BCUT2D eigenvalue weighted by atomic mass is 10.00. The van der Waals surface area contributed by atoms with E-state index in [4.69, 9.17) is 9.41 Å². The number of nitrogens with one attached hydrogen (secondary N) is 1. The number of hydrogen-bond donors (Lipinski definition) is 1. The summed E-state index contributed by atoms with van der Waals surface area (Å²) in [6.07, 6.45) is 1.54. The summed E-state index contributed by atoms with van der Waals surface area (Å²) in [6.45, 7) is 10.8. The summed E-state index contributed by atoms with van der Waals surface area (Å²) in [5, 5.41) is 3.40. The fraction of sp³-hybridized carbons (Fsp3) is 0.455. The van der Waals surface area contributed by atoms with E-state index < -0.39 is 0 Å². The van der Waals surface area contributed by atoms with Gasteiger partial charge >= 0.3 is 0 Å². The molecule has 1 aromatic heterocycles. The van der Waals surface area contributed by atoms with Gasteiger partial charge in [-0.3, -0.25) is 9.79 Å². The SMILES string of the molecule is CCNC(=NCC(C)c1cccc(C)c1)N1CCN(C(=O)c2ccco2)CC1.I. The Morgan fingerprint density at radius 1 is 1.17 bits per heavy atom. The molecule has 7 heteroatoms.